The molecule has 1 aromatic carbocycles. The first kappa shape index (κ1) is 12.7. The van der Waals surface area contributed by atoms with Crippen LogP contribution in [0, 0.1) is 0 Å². The van der Waals surface area contributed by atoms with Gasteiger partial charge in [-0.2, -0.15) is 24.9 Å². The Bertz CT molecular complexity index is 532. The van der Waals surface area contributed by atoms with E-state index in [9.17, 15) is 18.0 Å². The van der Waals surface area contributed by atoms with Crippen molar-refractivity contribution in [3.05, 3.63) is 23.8 Å². The molecule has 0 aliphatic carbocycles. The minimum absolute atomic E-state index is 0.223. The number of fused-ring (bicyclic) bond motifs is 3. The monoisotopic (exact) mass is 288 g/mol. The first-order chi connectivity index (χ1) is 8.97. The van der Waals surface area contributed by atoms with Gasteiger partial charge in [-0.15, -0.1) is 0 Å². The van der Waals surface area contributed by atoms with Gasteiger partial charge in [0.05, 0.1) is 16.9 Å². The summed E-state index contributed by atoms with van der Waals surface area (Å²) in [7, 11) is 0. The molecule has 2 aliphatic rings. The Morgan fingerprint density at radius 3 is 2.89 bits per heavy atom. The lowest BCUT2D eigenvalue weighted by molar-refractivity contribution is -0.137. The fraction of sp³-hybridized carbons (Fsp3) is 0.417. The number of amides is 1. The van der Waals surface area contributed by atoms with Gasteiger partial charge in [-0.05, 0) is 18.2 Å². The van der Waals surface area contributed by atoms with E-state index in [1.54, 1.807) is 11.8 Å². The average Bonchev–Trinajstić information content (AvgIpc) is 2.37. The van der Waals surface area contributed by atoms with E-state index < -0.39 is 11.7 Å². The van der Waals surface area contributed by atoms with E-state index in [1.807, 2.05) is 4.90 Å². The summed E-state index contributed by atoms with van der Waals surface area (Å²) in [6.45, 7) is 0.682. The van der Waals surface area contributed by atoms with Gasteiger partial charge in [-0.3, -0.25) is 4.79 Å². The number of alkyl halides is 3. The van der Waals surface area contributed by atoms with Gasteiger partial charge in [0.2, 0.25) is 5.91 Å². The number of rotatable bonds is 0. The molecule has 19 heavy (non-hydrogen) atoms. The van der Waals surface area contributed by atoms with Crippen LogP contribution < -0.4 is 10.2 Å². The Morgan fingerprint density at radius 2 is 2.16 bits per heavy atom. The predicted molar refractivity (Wildman–Crippen MR) is 68.5 cm³/mol. The van der Waals surface area contributed by atoms with Crippen LogP contribution in [0.5, 0.6) is 0 Å². The first-order valence-corrected chi connectivity index (χ1v) is 6.99. The standard InChI is InChI=1S/C12H11F3N2OS/c13-12(14,15)7-1-2-9-8(5-7)16-11(18)10-6-19-4-3-17(9)10/h1-2,5,10H,3-4,6H2,(H,16,18). The molecular weight excluding hydrogens is 277 g/mol. The summed E-state index contributed by atoms with van der Waals surface area (Å²) in [4.78, 5) is 13.8. The second-order valence-electron chi connectivity index (χ2n) is 4.50. The number of nitrogens with one attached hydrogen (secondary N) is 1. The fourth-order valence-corrected chi connectivity index (χ4v) is 3.44. The van der Waals surface area contributed by atoms with Crippen LogP contribution in [0.25, 0.3) is 0 Å². The summed E-state index contributed by atoms with van der Waals surface area (Å²) >= 11 is 1.68. The van der Waals surface area contributed by atoms with Crippen molar-refractivity contribution in [1.29, 1.82) is 0 Å². The highest BCUT2D eigenvalue weighted by Gasteiger charge is 2.37. The third-order valence-electron chi connectivity index (χ3n) is 3.32. The molecule has 2 heterocycles. The molecule has 3 nitrogen and oxygen atoms in total. The summed E-state index contributed by atoms with van der Waals surface area (Å²) < 4.78 is 38.0. The van der Waals surface area contributed by atoms with Crippen LogP contribution in [0.2, 0.25) is 0 Å². The summed E-state index contributed by atoms with van der Waals surface area (Å²) in [5.41, 5.74) is 0.192. The quantitative estimate of drug-likeness (QED) is 0.796. The van der Waals surface area contributed by atoms with Crippen molar-refractivity contribution >= 4 is 29.0 Å². The molecule has 1 atom stereocenters. The van der Waals surface area contributed by atoms with Crippen LogP contribution in [0.1, 0.15) is 5.56 Å². The van der Waals surface area contributed by atoms with E-state index in [1.165, 1.54) is 6.07 Å². The van der Waals surface area contributed by atoms with Gasteiger partial charge < -0.3 is 10.2 Å². The molecule has 1 N–H and O–H groups in total. The van der Waals surface area contributed by atoms with Crippen LogP contribution >= 0.6 is 11.8 Å². The topological polar surface area (TPSA) is 32.3 Å². The van der Waals surface area contributed by atoms with E-state index in [0.29, 0.717) is 18.0 Å². The maximum absolute atomic E-state index is 12.7. The Kier molecular flexibility index (Phi) is 2.88. The Balaban J connectivity index is 2.03. The molecule has 1 fully saturated rings. The van der Waals surface area contributed by atoms with Crippen LogP contribution in [-0.2, 0) is 11.0 Å². The smallest absolute Gasteiger partial charge is 0.356 e. The second-order valence-corrected chi connectivity index (χ2v) is 5.65. The lowest BCUT2D eigenvalue weighted by Crippen LogP contribution is -2.52. The number of thioether (sulfide) groups is 1. The number of anilines is 2. The lowest BCUT2D eigenvalue weighted by atomic mass is 10.1. The molecule has 1 aromatic rings. The predicted octanol–water partition coefficient (Wildman–Crippen LogP) is 2.58. The molecule has 102 valence electrons. The van der Waals surface area contributed by atoms with Gasteiger partial charge in [0, 0.05) is 18.1 Å². The van der Waals surface area contributed by atoms with Crippen molar-refractivity contribution in [3.8, 4) is 0 Å². The van der Waals surface area contributed by atoms with Crippen molar-refractivity contribution < 1.29 is 18.0 Å². The molecular formula is C12H11F3N2OS. The average molecular weight is 288 g/mol. The number of hydrogen-bond acceptors (Lipinski definition) is 3. The zero-order valence-corrected chi connectivity index (χ0v) is 10.6. The molecule has 0 radical (unpaired) electrons. The van der Waals surface area contributed by atoms with Crippen LogP contribution in [-0.4, -0.2) is 30.0 Å². The SMILES string of the molecule is O=C1Nc2cc(C(F)(F)F)ccc2N2CCSCC12. The Labute approximate surface area is 112 Å². The number of carbonyl (C=O) groups is 1. The third-order valence-corrected chi connectivity index (χ3v) is 4.34. The van der Waals surface area contributed by atoms with E-state index in [2.05, 4.69) is 5.32 Å². The second kappa shape index (κ2) is 4.33. The zero-order chi connectivity index (χ0) is 13.6. The van der Waals surface area contributed by atoms with Gasteiger partial charge in [-0.25, -0.2) is 0 Å². The number of hydrogen-bond donors (Lipinski definition) is 1. The van der Waals surface area contributed by atoms with E-state index in [-0.39, 0.29) is 17.6 Å². The number of benzene rings is 1. The molecule has 2 aliphatic heterocycles. The third kappa shape index (κ3) is 2.16. The molecule has 0 spiro atoms. The minimum Gasteiger partial charge on any atom is -0.356 e. The number of halogens is 3. The van der Waals surface area contributed by atoms with Gasteiger partial charge in [0.15, 0.2) is 0 Å². The molecule has 1 unspecified atom stereocenters. The Hall–Kier alpha value is -1.37. The first-order valence-electron chi connectivity index (χ1n) is 5.83. The largest absolute Gasteiger partial charge is 0.416 e. The maximum Gasteiger partial charge on any atom is 0.416 e. The van der Waals surface area contributed by atoms with Gasteiger partial charge in [-0.1, -0.05) is 0 Å². The van der Waals surface area contributed by atoms with Crippen molar-refractivity contribution in [3.63, 3.8) is 0 Å². The van der Waals surface area contributed by atoms with E-state index in [0.717, 1.165) is 17.9 Å². The van der Waals surface area contributed by atoms with E-state index in [4.69, 9.17) is 0 Å². The van der Waals surface area contributed by atoms with Crippen molar-refractivity contribution in [2.75, 3.05) is 28.3 Å². The van der Waals surface area contributed by atoms with E-state index >= 15 is 0 Å². The summed E-state index contributed by atoms with van der Waals surface area (Å²) in [6, 6.07) is 3.24. The molecule has 0 bridgehead atoms. The van der Waals surface area contributed by atoms with Gasteiger partial charge >= 0.3 is 6.18 Å². The highest BCUT2D eigenvalue weighted by molar-refractivity contribution is 7.99. The molecule has 1 saturated heterocycles. The minimum atomic E-state index is -4.39. The van der Waals surface area contributed by atoms with Gasteiger partial charge in [0.1, 0.15) is 6.04 Å². The summed E-state index contributed by atoms with van der Waals surface area (Å²) in [5.74, 6) is 1.33. The maximum atomic E-state index is 12.7. The zero-order valence-electron chi connectivity index (χ0n) is 9.83. The summed E-state index contributed by atoms with van der Waals surface area (Å²) in [6.07, 6.45) is -4.39. The fourth-order valence-electron chi connectivity index (χ4n) is 2.39. The van der Waals surface area contributed by atoms with Crippen molar-refractivity contribution in [2.45, 2.75) is 12.2 Å². The highest BCUT2D eigenvalue weighted by atomic mass is 32.2. The molecule has 7 heteroatoms. The number of nitrogens with zero attached hydrogens (tertiary/aromatic N) is 1. The highest BCUT2D eigenvalue weighted by Crippen LogP contribution is 2.39. The van der Waals surface area contributed by atoms with Gasteiger partial charge in [0.25, 0.3) is 0 Å². The number of carbonyl (C=O) groups excluding carboxylic acids is 1. The summed E-state index contributed by atoms with van der Waals surface area (Å²) in [5, 5.41) is 2.58. The van der Waals surface area contributed by atoms with Crippen LogP contribution in [0.4, 0.5) is 24.5 Å². The van der Waals surface area contributed by atoms with Crippen LogP contribution in [0.15, 0.2) is 18.2 Å². The molecule has 1 amide bonds. The Morgan fingerprint density at radius 1 is 1.37 bits per heavy atom. The van der Waals surface area contributed by atoms with Crippen LogP contribution in [0.3, 0.4) is 0 Å². The molecule has 3 rings (SSSR count). The normalized spacial score (nSPS) is 22.6. The molecule has 0 saturated carbocycles. The van der Waals surface area contributed by atoms with Crippen molar-refractivity contribution in [2.24, 2.45) is 0 Å². The molecule has 0 aromatic heterocycles. The lowest BCUT2D eigenvalue weighted by Gasteiger charge is -2.40. The van der Waals surface area contributed by atoms with Crippen molar-refractivity contribution in [1.82, 2.24) is 0 Å².